The van der Waals surface area contributed by atoms with Gasteiger partial charge in [0.2, 0.25) is 5.91 Å². The molecule has 1 unspecified atom stereocenters. The van der Waals surface area contributed by atoms with E-state index in [0.717, 1.165) is 63.7 Å². The van der Waals surface area contributed by atoms with Crippen LogP contribution in [0.25, 0.3) is 0 Å². The summed E-state index contributed by atoms with van der Waals surface area (Å²) in [5.41, 5.74) is 1.19. The van der Waals surface area contributed by atoms with Gasteiger partial charge in [0, 0.05) is 44.7 Å². The molecule has 1 aromatic rings. The normalized spacial score (nSPS) is 22.5. The lowest BCUT2D eigenvalue weighted by Gasteiger charge is -2.39. The predicted molar refractivity (Wildman–Crippen MR) is 131 cm³/mol. The quantitative estimate of drug-likeness (QED) is 0.626. The van der Waals surface area contributed by atoms with E-state index in [2.05, 4.69) is 27.2 Å². The maximum absolute atomic E-state index is 13.0. The molecule has 1 N–H and O–H groups in total. The van der Waals surface area contributed by atoms with Crippen LogP contribution in [0.3, 0.4) is 0 Å². The molecule has 0 spiro atoms. The van der Waals surface area contributed by atoms with Gasteiger partial charge in [0.05, 0.1) is 12.8 Å². The Morgan fingerprint density at radius 2 is 1.62 bits per heavy atom. The van der Waals surface area contributed by atoms with E-state index in [-0.39, 0.29) is 5.92 Å². The highest BCUT2D eigenvalue weighted by Crippen LogP contribution is 2.30. The van der Waals surface area contributed by atoms with Gasteiger partial charge in [-0.15, -0.1) is 0 Å². The van der Waals surface area contributed by atoms with E-state index in [1.54, 1.807) is 7.11 Å². The fraction of sp³-hybridized carbons (Fsp3) is 0.741. The Bertz CT molecular complexity index is 705. The van der Waals surface area contributed by atoms with Crippen LogP contribution in [0, 0.1) is 11.8 Å². The average molecular weight is 442 g/mol. The van der Waals surface area contributed by atoms with Gasteiger partial charge in [0.1, 0.15) is 5.75 Å². The van der Waals surface area contributed by atoms with Gasteiger partial charge in [-0.2, -0.15) is 0 Å². The molecule has 5 heteroatoms. The zero-order valence-electron chi connectivity index (χ0n) is 20.1. The summed E-state index contributed by atoms with van der Waals surface area (Å²) < 4.78 is 5.57. The zero-order chi connectivity index (χ0) is 22.2. The maximum Gasteiger partial charge on any atom is 0.223 e. The third-order valence-electron chi connectivity index (χ3n) is 7.94. The van der Waals surface area contributed by atoms with Crippen molar-refractivity contribution in [2.45, 2.75) is 76.7 Å². The number of carbonyl (C=O) groups is 1. The summed E-state index contributed by atoms with van der Waals surface area (Å²) in [5, 5.41) is 3.53. The summed E-state index contributed by atoms with van der Waals surface area (Å²) in [5.74, 6) is 2.32. The Morgan fingerprint density at radius 3 is 2.31 bits per heavy atom. The fourth-order valence-electron chi connectivity index (χ4n) is 6.06. The number of carbonyl (C=O) groups excluding carboxylic acids is 1. The van der Waals surface area contributed by atoms with E-state index >= 15 is 0 Å². The summed E-state index contributed by atoms with van der Waals surface area (Å²) >= 11 is 0. The van der Waals surface area contributed by atoms with Crippen molar-refractivity contribution in [3.05, 3.63) is 24.3 Å². The van der Waals surface area contributed by atoms with Gasteiger partial charge >= 0.3 is 0 Å². The summed E-state index contributed by atoms with van der Waals surface area (Å²) in [7, 11) is 1.75. The molecule has 1 atom stereocenters. The van der Waals surface area contributed by atoms with Gasteiger partial charge < -0.3 is 15.0 Å². The minimum Gasteiger partial charge on any atom is -0.495 e. The van der Waals surface area contributed by atoms with E-state index in [0.29, 0.717) is 11.9 Å². The number of nitrogens with zero attached hydrogens (tertiary/aromatic N) is 2. The Morgan fingerprint density at radius 1 is 0.969 bits per heavy atom. The number of hydrogen-bond donors (Lipinski definition) is 1. The van der Waals surface area contributed by atoms with Crippen LogP contribution in [0.1, 0.15) is 70.6 Å². The van der Waals surface area contributed by atoms with Crippen LogP contribution < -0.4 is 15.0 Å². The van der Waals surface area contributed by atoms with Crippen molar-refractivity contribution in [3.63, 3.8) is 0 Å². The van der Waals surface area contributed by atoms with Gasteiger partial charge in [0.15, 0.2) is 0 Å². The molecule has 1 aromatic carbocycles. The Kier molecular flexibility index (Phi) is 8.72. The Hall–Kier alpha value is -1.75. The van der Waals surface area contributed by atoms with Crippen molar-refractivity contribution in [1.29, 1.82) is 0 Å². The lowest BCUT2D eigenvalue weighted by molar-refractivity contribution is -0.127. The second kappa shape index (κ2) is 11.9. The SMILES string of the molecule is COc1ccccc1N1CCN(CC(CC2CCCCC2)NC(=O)C2CCCCC2)CC1. The van der Waals surface area contributed by atoms with Crippen LogP contribution in [-0.2, 0) is 4.79 Å². The van der Waals surface area contributed by atoms with Crippen molar-refractivity contribution in [2.24, 2.45) is 11.8 Å². The monoisotopic (exact) mass is 441 g/mol. The fourth-order valence-corrected chi connectivity index (χ4v) is 6.06. The van der Waals surface area contributed by atoms with Crippen molar-refractivity contribution in [2.75, 3.05) is 44.7 Å². The average Bonchev–Trinajstić information content (AvgIpc) is 2.85. The predicted octanol–water partition coefficient (Wildman–Crippen LogP) is 4.85. The number of methoxy groups -OCH3 is 1. The molecule has 0 aromatic heterocycles. The lowest BCUT2D eigenvalue weighted by atomic mass is 9.84. The van der Waals surface area contributed by atoms with Crippen molar-refractivity contribution in [1.82, 2.24) is 10.2 Å². The van der Waals surface area contributed by atoms with Crippen LogP contribution in [-0.4, -0.2) is 56.7 Å². The number of hydrogen-bond acceptors (Lipinski definition) is 4. The molecule has 2 saturated carbocycles. The molecule has 1 saturated heterocycles. The van der Waals surface area contributed by atoms with E-state index in [1.165, 1.54) is 57.1 Å². The molecule has 1 amide bonds. The first-order valence-corrected chi connectivity index (χ1v) is 13.1. The highest BCUT2D eigenvalue weighted by atomic mass is 16.5. The highest BCUT2D eigenvalue weighted by Gasteiger charge is 2.28. The molecule has 0 radical (unpaired) electrons. The molecule has 1 heterocycles. The molecule has 178 valence electrons. The number of benzene rings is 1. The molecule has 32 heavy (non-hydrogen) atoms. The molecule has 0 bridgehead atoms. The van der Waals surface area contributed by atoms with Gasteiger partial charge in [-0.05, 0) is 37.3 Å². The highest BCUT2D eigenvalue weighted by molar-refractivity contribution is 5.79. The van der Waals surface area contributed by atoms with Crippen molar-refractivity contribution < 1.29 is 9.53 Å². The van der Waals surface area contributed by atoms with E-state index in [4.69, 9.17) is 4.74 Å². The van der Waals surface area contributed by atoms with Crippen molar-refractivity contribution in [3.8, 4) is 5.75 Å². The second-order valence-electron chi connectivity index (χ2n) is 10.2. The van der Waals surface area contributed by atoms with E-state index in [9.17, 15) is 4.79 Å². The molecular weight excluding hydrogens is 398 g/mol. The summed E-state index contributed by atoms with van der Waals surface area (Å²) in [6, 6.07) is 8.62. The molecular formula is C27H43N3O2. The van der Waals surface area contributed by atoms with Crippen LogP contribution in [0.15, 0.2) is 24.3 Å². The van der Waals surface area contributed by atoms with E-state index in [1.807, 2.05) is 12.1 Å². The third kappa shape index (κ3) is 6.40. The molecule has 1 aliphatic heterocycles. The number of ether oxygens (including phenoxy) is 1. The van der Waals surface area contributed by atoms with Crippen LogP contribution in [0.4, 0.5) is 5.69 Å². The summed E-state index contributed by atoms with van der Waals surface area (Å²) in [6.45, 7) is 5.09. The molecule has 4 rings (SSSR count). The number of amides is 1. The lowest BCUT2D eigenvalue weighted by Crippen LogP contribution is -2.52. The topological polar surface area (TPSA) is 44.8 Å². The zero-order valence-corrected chi connectivity index (χ0v) is 20.1. The standard InChI is InChI=1S/C27H43N3O2/c1-32-26-15-9-8-14-25(26)30-18-16-29(17-19-30)21-24(20-22-10-4-2-5-11-22)28-27(31)23-12-6-3-7-13-23/h8-9,14-15,22-24H,2-7,10-13,16-21H2,1H3,(H,28,31). The Balaban J connectivity index is 1.33. The van der Waals surface area contributed by atoms with Crippen LogP contribution >= 0.6 is 0 Å². The third-order valence-corrected chi connectivity index (χ3v) is 7.94. The number of para-hydroxylation sites is 2. The van der Waals surface area contributed by atoms with Gasteiger partial charge in [-0.1, -0.05) is 63.5 Å². The smallest absolute Gasteiger partial charge is 0.223 e. The van der Waals surface area contributed by atoms with Crippen LogP contribution in [0.2, 0.25) is 0 Å². The van der Waals surface area contributed by atoms with Crippen molar-refractivity contribution >= 4 is 11.6 Å². The minimum atomic E-state index is 0.250. The first-order valence-electron chi connectivity index (χ1n) is 13.1. The molecule has 3 fully saturated rings. The number of piperazine rings is 1. The molecule has 3 aliphatic rings. The van der Waals surface area contributed by atoms with Gasteiger partial charge in [-0.25, -0.2) is 0 Å². The number of rotatable bonds is 8. The molecule has 2 aliphatic carbocycles. The first kappa shape index (κ1) is 23.4. The summed E-state index contributed by atoms with van der Waals surface area (Å²) in [6.07, 6.45) is 13.9. The first-order chi connectivity index (χ1) is 15.7. The van der Waals surface area contributed by atoms with Gasteiger partial charge in [0.25, 0.3) is 0 Å². The second-order valence-corrected chi connectivity index (χ2v) is 10.2. The minimum absolute atomic E-state index is 0.250. The largest absolute Gasteiger partial charge is 0.495 e. The maximum atomic E-state index is 13.0. The van der Waals surface area contributed by atoms with Gasteiger partial charge in [-0.3, -0.25) is 9.69 Å². The number of anilines is 1. The Labute approximate surface area is 194 Å². The molecule has 5 nitrogen and oxygen atoms in total. The van der Waals surface area contributed by atoms with E-state index < -0.39 is 0 Å². The number of nitrogens with one attached hydrogen (secondary N) is 1. The van der Waals surface area contributed by atoms with Crippen LogP contribution in [0.5, 0.6) is 5.75 Å². The summed E-state index contributed by atoms with van der Waals surface area (Å²) in [4.78, 5) is 18.1.